The third kappa shape index (κ3) is 5.47. The van der Waals surface area contributed by atoms with Crippen molar-refractivity contribution < 1.29 is 4.79 Å². The maximum Gasteiger partial charge on any atom is 0.233 e. The summed E-state index contributed by atoms with van der Waals surface area (Å²) in [5.41, 5.74) is 0. The number of nitrogens with zero attached hydrogens (tertiary/aromatic N) is 1. The number of amides is 1. The van der Waals surface area contributed by atoms with Gasteiger partial charge in [0.1, 0.15) is 0 Å². The predicted molar refractivity (Wildman–Crippen MR) is 66.4 cm³/mol. The van der Waals surface area contributed by atoms with Gasteiger partial charge < -0.3 is 15.5 Å². The van der Waals surface area contributed by atoms with Crippen molar-refractivity contribution in [2.24, 2.45) is 5.92 Å². The van der Waals surface area contributed by atoms with Crippen LogP contribution in [0.3, 0.4) is 0 Å². The lowest BCUT2D eigenvalue weighted by Crippen LogP contribution is -2.37. The molecule has 4 heteroatoms. The molecule has 1 unspecified atom stereocenters. The van der Waals surface area contributed by atoms with E-state index < -0.39 is 0 Å². The molecule has 16 heavy (non-hydrogen) atoms. The lowest BCUT2D eigenvalue weighted by molar-refractivity contribution is -0.120. The first-order chi connectivity index (χ1) is 7.72. The van der Waals surface area contributed by atoms with Crippen molar-refractivity contribution in [3.05, 3.63) is 0 Å². The normalized spacial score (nSPS) is 22.0. The lowest BCUT2D eigenvalue weighted by Gasteiger charge is -2.29. The lowest BCUT2D eigenvalue weighted by atomic mass is 9.95. The molecule has 0 aromatic rings. The van der Waals surface area contributed by atoms with E-state index in [1.165, 1.54) is 25.9 Å². The second-order valence-electron chi connectivity index (χ2n) is 4.69. The number of hydrogen-bond donors (Lipinski definition) is 2. The molecule has 1 aliphatic heterocycles. The van der Waals surface area contributed by atoms with Crippen LogP contribution in [-0.4, -0.2) is 50.6 Å². The van der Waals surface area contributed by atoms with Crippen LogP contribution in [0.15, 0.2) is 0 Å². The molecular formula is C12H25N3O. The summed E-state index contributed by atoms with van der Waals surface area (Å²) in [6, 6.07) is 0. The van der Waals surface area contributed by atoms with E-state index in [0.29, 0.717) is 6.54 Å². The highest BCUT2D eigenvalue weighted by Gasteiger charge is 2.16. The molecule has 0 aliphatic carbocycles. The van der Waals surface area contributed by atoms with Gasteiger partial charge in [0.25, 0.3) is 0 Å². The van der Waals surface area contributed by atoms with Crippen LogP contribution in [0.25, 0.3) is 0 Å². The smallest absolute Gasteiger partial charge is 0.233 e. The second-order valence-corrected chi connectivity index (χ2v) is 4.69. The van der Waals surface area contributed by atoms with Gasteiger partial charge in [0, 0.05) is 13.1 Å². The number of hydrogen-bond acceptors (Lipinski definition) is 3. The largest absolute Gasteiger partial charge is 0.355 e. The van der Waals surface area contributed by atoms with Gasteiger partial charge in [-0.2, -0.15) is 0 Å². The van der Waals surface area contributed by atoms with Crippen molar-refractivity contribution >= 4 is 5.91 Å². The Morgan fingerprint density at radius 1 is 1.50 bits per heavy atom. The Hall–Kier alpha value is -0.610. The summed E-state index contributed by atoms with van der Waals surface area (Å²) in [7, 11) is 2.18. The summed E-state index contributed by atoms with van der Waals surface area (Å²) < 4.78 is 0. The van der Waals surface area contributed by atoms with Gasteiger partial charge in [0.05, 0.1) is 6.54 Å². The molecule has 1 aliphatic rings. The topological polar surface area (TPSA) is 44.4 Å². The van der Waals surface area contributed by atoms with E-state index in [-0.39, 0.29) is 5.91 Å². The monoisotopic (exact) mass is 227 g/mol. The average molecular weight is 227 g/mol. The first-order valence-corrected chi connectivity index (χ1v) is 6.38. The quantitative estimate of drug-likeness (QED) is 0.692. The molecule has 0 saturated carbocycles. The third-order valence-corrected chi connectivity index (χ3v) is 3.13. The number of piperidine rings is 1. The molecule has 0 aromatic heterocycles. The fourth-order valence-corrected chi connectivity index (χ4v) is 2.23. The zero-order valence-corrected chi connectivity index (χ0v) is 10.6. The van der Waals surface area contributed by atoms with Crippen molar-refractivity contribution in [1.29, 1.82) is 0 Å². The highest BCUT2D eigenvalue weighted by Crippen LogP contribution is 2.17. The van der Waals surface area contributed by atoms with Crippen LogP contribution in [0.5, 0.6) is 0 Å². The predicted octanol–water partition coefficient (Wildman–Crippen LogP) is 0.444. The Morgan fingerprint density at radius 3 is 3.00 bits per heavy atom. The summed E-state index contributed by atoms with van der Waals surface area (Å²) in [5.74, 6) is 0.879. The number of likely N-dealkylation sites (N-methyl/N-ethyl adjacent to an activating group) is 1. The van der Waals surface area contributed by atoms with E-state index in [0.717, 1.165) is 25.4 Å². The standard InChI is InChI=1S/C12H25N3O/c1-3-13-9-12(16)14-7-6-11-5-4-8-15(2)10-11/h11,13H,3-10H2,1-2H3,(H,14,16). The molecule has 1 amide bonds. The Morgan fingerprint density at radius 2 is 2.31 bits per heavy atom. The van der Waals surface area contributed by atoms with Gasteiger partial charge >= 0.3 is 0 Å². The molecule has 4 nitrogen and oxygen atoms in total. The number of rotatable bonds is 6. The van der Waals surface area contributed by atoms with Crippen molar-refractivity contribution in [1.82, 2.24) is 15.5 Å². The Bertz CT molecular complexity index is 208. The van der Waals surface area contributed by atoms with E-state index in [1.807, 2.05) is 6.92 Å². The molecule has 0 bridgehead atoms. The molecule has 1 saturated heterocycles. The minimum absolute atomic E-state index is 0.117. The molecule has 1 fully saturated rings. The molecule has 1 heterocycles. The van der Waals surface area contributed by atoms with Crippen LogP contribution in [0.2, 0.25) is 0 Å². The van der Waals surface area contributed by atoms with Crippen molar-refractivity contribution in [2.45, 2.75) is 26.2 Å². The van der Waals surface area contributed by atoms with Crippen LogP contribution < -0.4 is 10.6 Å². The zero-order valence-electron chi connectivity index (χ0n) is 10.6. The van der Waals surface area contributed by atoms with Crippen molar-refractivity contribution in [3.63, 3.8) is 0 Å². The molecule has 1 rings (SSSR count). The Labute approximate surface area is 98.8 Å². The van der Waals surface area contributed by atoms with Gasteiger partial charge in [-0.3, -0.25) is 4.79 Å². The SMILES string of the molecule is CCNCC(=O)NCCC1CCCN(C)C1. The zero-order chi connectivity index (χ0) is 11.8. The van der Waals surface area contributed by atoms with Crippen LogP contribution in [0.4, 0.5) is 0 Å². The Kier molecular flexibility index (Phi) is 6.42. The van der Waals surface area contributed by atoms with Gasteiger partial charge in [-0.15, -0.1) is 0 Å². The summed E-state index contributed by atoms with van der Waals surface area (Å²) in [6.45, 7) is 6.53. The molecule has 0 spiro atoms. The molecule has 0 radical (unpaired) electrons. The van der Waals surface area contributed by atoms with E-state index in [1.54, 1.807) is 0 Å². The molecule has 0 aromatic carbocycles. The molecule has 2 N–H and O–H groups in total. The van der Waals surface area contributed by atoms with E-state index >= 15 is 0 Å². The molecule has 1 atom stereocenters. The molecular weight excluding hydrogens is 202 g/mol. The number of carbonyl (C=O) groups excluding carboxylic acids is 1. The van der Waals surface area contributed by atoms with Crippen LogP contribution in [-0.2, 0) is 4.79 Å². The highest BCUT2D eigenvalue weighted by molar-refractivity contribution is 5.77. The van der Waals surface area contributed by atoms with Gasteiger partial charge in [0.2, 0.25) is 5.91 Å². The fraction of sp³-hybridized carbons (Fsp3) is 0.917. The number of likely N-dealkylation sites (tertiary alicyclic amines) is 1. The first-order valence-electron chi connectivity index (χ1n) is 6.38. The summed E-state index contributed by atoms with van der Waals surface area (Å²) in [5, 5.41) is 5.98. The van der Waals surface area contributed by atoms with Gasteiger partial charge in [0.15, 0.2) is 0 Å². The summed E-state index contributed by atoms with van der Waals surface area (Å²) >= 11 is 0. The van der Waals surface area contributed by atoms with Crippen molar-refractivity contribution in [3.8, 4) is 0 Å². The summed E-state index contributed by atoms with van der Waals surface area (Å²) in [6.07, 6.45) is 3.72. The number of nitrogens with one attached hydrogen (secondary N) is 2. The van der Waals surface area contributed by atoms with Gasteiger partial charge in [-0.1, -0.05) is 6.92 Å². The van der Waals surface area contributed by atoms with Gasteiger partial charge in [-0.25, -0.2) is 0 Å². The molecule has 94 valence electrons. The Balaban J connectivity index is 2.03. The minimum Gasteiger partial charge on any atom is -0.355 e. The highest BCUT2D eigenvalue weighted by atomic mass is 16.1. The number of carbonyl (C=O) groups is 1. The fourth-order valence-electron chi connectivity index (χ4n) is 2.23. The van der Waals surface area contributed by atoms with E-state index in [4.69, 9.17) is 0 Å². The third-order valence-electron chi connectivity index (χ3n) is 3.13. The van der Waals surface area contributed by atoms with Crippen LogP contribution in [0, 0.1) is 5.92 Å². The maximum atomic E-state index is 11.3. The van der Waals surface area contributed by atoms with E-state index in [2.05, 4.69) is 22.6 Å². The first kappa shape index (κ1) is 13.5. The summed E-state index contributed by atoms with van der Waals surface area (Å²) in [4.78, 5) is 13.7. The minimum atomic E-state index is 0.117. The average Bonchev–Trinajstić information content (AvgIpc) is 2.26. The van der Waals surface area contributed by atoms with Crippen LogP contribution >= 0.6 is 0 Å². The van der Waals surface area contributed by atoms with Crippen LogP contribution in [0.1, 0.15) is 26.2 Å². The van der Waals surface area contributed by atoms with E-state index in [9.17, 15) is 4.79 Å². The van der Waals surface area contributed by atoms with Gasteiger partial charge in [-0.05, 0) is 45.3 Å². The second kappa shape index (κ2) is 7.63. The van der Waals surface area contributed by atoms with Crippen molar-refractivity contribution in [2.75, 3.05) is 39.8 Å². The maximum absolute atomic E-state index is 11.3.